The Bertz CT molecular complexity index is 410. The molecule has 14 heavy (non-hydrogen) atoms. The minimum absolute atomic E-state index is 0.168. The van der Waals surface area contributed by atoms with Crippen LogP contribution in [0.15, 0.2) is 24.3 Å². The number of rotatable bonds is 3. The first-order valence-corrected chi connectivity index (χ1v) is 4.96. The van der Waals surface area contributed by atoms with Gasteiger partial charge in [-0.1, -0.05) is 6.07 Å². The Morgan fingerprint density at radius 3 is 2.71 bits per heavy atom. The Hall–Kier alpha value is -1.27. The van der Waals surface area contributed by atoms with E-state index in [0.29, 0.717) is 0 Å². The third-order valence-electron chi connectivity index (χ3n) is 1.39. The Balaban J connectivity index is 2.94. The van der Waals surface area contributed by atoms with Gasteiger partial charge in [-0.15, -0.1) is 0 Å². The van der Waals surface area contributed by atoms with Gasteiger partial charge in [-0.05, 0) is 18.2 Å². The quantitative estimate of drug-likeness (QED) is 0.765. The topological polar surface area (TPSA) is 72.5 Å². The van der Waals surface area contributed by atoms with Crippen LogP contribution in [0.2, 0.25) is 0 Å². The fourth-order valence-corrected chi connectivity index (χ4v) is 1.30. The van der Waals surface area contributed by atoms with Crippen LogP contribution in [0.4, 0.5) is 5.69 Å². The van der Waals surface area contributed by atoms with Gasteiger partial charge in [-0.3, -0.25) is 4.72 Å². The van der Waals surface area contributed by atoms with E-state index in [2.05, 4.69) is 9.01 Å². The van der Waals surface area contributed by atoms with Crippen molar-refractivity contribution in [2.24, 2.45) is 0 Å². The van der Waals surface area contributed by atoms with E-state index in [-0.39, 0.29) is 11.3 Å². The molecule has 0 fully saturated rings. The van der Waals surface area contributed by atoms with Crippen LogP contribution in [0.5, 0.6) is 0 Å². The molecular weight excluding hydrogens is 230 g/mol. The Morgan fingerprint density at radius 2 is 2.14 bits per heavy atom. The SMILES string of the molecule is O=C(OCl)c1cccc(N[SH](=O)=O)c1. The van der Waals surface area contributed by atoms with E-state index in [1.165, 1.54) is 24.3 Å². The summed E-state index contributed by atoms with van der Waals surface area (Å²) in [5.74, 6) is -0.739. The first kappa shape index (κ1) is 10.8. The maximum absolute atomic E-state index is 10.9. The monoisotopic (exact) mass is 235 g/mol. The first-order chi connectivity index (χ1) is 6.63. The molecule has 7 heteroatoms. The van der Waals surface area contributed by atoms with Crippen molar-refractivity contribution in [1.29, 1.82) is 0 Å². The van der Waals surface area contributed by atoms with Gasteiger partial charge in [0.15, 0.2) is 0 Å². The van der Waals surface area contributed by atoms with E-state index in [0.717, 1.165) is 0 Å². The highest BCUT2D eigenvalue weighted by atomic mass is 35.5. The largest absolute Gasteiger partial charge is 0.356 e. The van der Waals surface area contributed by atoms with Crippen LogP contribution in [0, 0.1) is 0 Å². The second-order valence-electron chi connectivity index (χ2n) is 2.31. The molecule has 0 heterocycles. The van der Waals surface area contributed by atoms with Gasteiger partial charge in [-0.2, -0.15) is 0 Å². The van der Waals surface area contributed by atoms with Gasteiger partial charge in [0, 0.05) is 5.69 Å². The molecule has 0 aliphatic heterocycles. The number of thiol groups is 1. The number of hydrogen-bond acceptors (Lipinski definition) is 4. The molecule has 5 nitrogen and oxygen atoms in total. The maximum atomic E-state index is 10.9. The number of anilines is 1. The summed E-state index contributed by atoms with van der Waals surface area (Å²) < 4.78 is 26.7. The highest BCUT2D eigenvalue weighted by Gasteiger charge is 2.06. The fraction of sp³-hybridized carbons (Fsp3) is 0. The predicted octanol–water partition coefficient (Wildman–Crippen LogP) is 0.936. The zero-order valence-corrected chi connectivity index (χ0v) is 8.42. The molecule has 0 aliphatic carbocycles. The number of hydrogen-bond donors (Lipinski definition) is 2. The average Bonchev–Trinajstić information content (AvgIpc) is 2.16. The van der Waals surface area contributed by atoms with Gasteiger partial charge in [0.1, 0.15) is 11.9 Å². The lowest BCUT2D eigenvalue weighted by Crippen LogP contribution is -2.00. The third-order valence-corrected chi connectivity index (χ3v) is 1.97. The van der Waals surface area contributed by atoms with Gasteiger partial charge in [0.2, 0.25) is 10.9 Å². The normalized spacial score (nSPS) is 9.86. The Labute approximate surface area is 86.9 Å². The smallest absolute Gasteiger partial charge is 0.343 e. The van der Waals surface area contributed by atoms with Gasteiger partial charge >= 0.3 is 5.97 Å². The summed E-state index contributed by atoms with van der Waals surface area (Å²) in [7, 11) is -2.75. The highest BCUT2D eigenvalue weighted by molar-refractivity contribution is 7.73. The molecule has 1 aromatic rings. The van der Waals surface area contributed by atoms with E-state index in [1.807, 2.05) is 0 Å². The van der Waals surface area contributed by atoms with Crippen molar-refractivity contribution >= 4 is 34.4 Å². The summed E-state index contributed by atoms with van der Waals surface area (Å²) in [6.45, 7) is 0. The molecular formula is C7H6ClNO4S. The molecule has 0 bridgehead atoms. The Morgan fingerprint density at radius 1 is 1.43 bits per heavy atom. The molecule has 0 saturated carbocycles. The average molecular weight is 236 g/mol. The molecule has 1 rings (SSSR count). The van der Waals surface area contributed by atoms with Gasteiger partial charge in [0.25, 0.3) is 0 Å². The summed E-state index contributed by atoms with van der Waals surface area (Å²) in [4.78, 5) is 10.9. The van der Waals surface area contributed by atoms with Crippen molar-refractivity contribution in [3.8, 4) is 0 Å². The van der Waals surface area contributed by atoms with Crippen molar-refractivity contribution in [2.75, 3.05) is 4.72 Å². The zero-order valence-electron chi connectivity index (χ0n) is 6.77. The highest BCUT2D eigenvalue weighted by Crippen LogP contribution is 2.11. The summed E-state index contributed by atoms with van der Waals surface area (Å²) in [5.41, 5.74) is 0.447. The van der Waals surface area contributed by atoms with Crippen LogP contribution in [0.1, 0.15) is 10.4 Å². The van der Waals surface area contributed by atoms with Crippen molar-refractivity contribution in [3.63, 3.8) is 0 Å². The molecule has 0 radical (unpaired) electrons. The molecule has 0 atom stereocenters. The molecule has 76 valence electrons. The van der Waals surface area contributed by atoms with Crippen LogP contribution >= 0.6 is 11.9 Å². The molecule has 0 aromatic heterocycles. The van der Waals surface area contributed by atoms with Crippen LogP contribution in [0.3, 0.4) is 0 Å². The first-order valence-electron chi connectivity index (χ1n) is 3.47. The molecule has 0 aliphatic rings. The van der Waals surface area contributed by atoms with Crippen molar-refractivity contribution in [2.45, 2.75) is 0 Å². The van der Waals surface area contributed by atoms with Crippen LogP contribution < -0.4 is 4.72 Å². The lowest BCUT2D eigenvalue weighted by atomic mass is 10.2. The second kappa shape index (κ2) is 4.83. The van der Waals surface area contributed by atoms with Gasteiger partial charge in [-0.25, -0.2) is 13.2 Å². The summed E-state index contributed by atoms with van der Waals surface area (Å²) in [5, 5.41) is 0. The molecule has 1 N–H and O–H groups in total. The van der Waals surface area contributed by atoms with E-state index in [4.69, 9.17) is 11.9 Å². The number of benzene rings is 1. The Kier molecular flexibility index (Phi) is 3.73. The van der Waals surface area contributed by atoms with E-state index >= 15 is 0 Å². The van der Waals surface area contributed by atoms with Crippen molar-refractivity contribution < 1.29 is 17.5 Å². The minimum atomic E-state index is -2.75. The van der Waals surface area contributed by atoms with E-state index in [9.17, 15) is 13.2 Å². The van der Waals surface area contributed by atoms with Crippen LogP contribution in [0.25, 0.3) is 0 Å². The van der Waals surface area contributed by atoms with Crippen molar-refractivity contribution in [3.05, 3.63) is 29.8 Å². The maximum Gasteiger partial charge on any atom is 0.356 e. The van der Waals surface area contributed by atoms with E-state index < -0.39 is 16.9 Å². The minimum Gasteiger partial charge on any atom is -0.343 e. The number of carbonyl (C=O) groups is 1. The van der Waals surface area contributed by atoms with Gasteiger partial charge < -0.3 is 4.29 Å². The molecule has 1 aromatic carbocycles. The fourth-order valence-electron chi connectivity index (χ4n) is 0.866. The molecule has 0 spiro atoms. The number of nitrogens with one attached hydrogen (secondary N) is 1. The summed E-state index contributed by atoms with van der Waals surface area (Å²) in [6, 6.07) is 5.77. The zero-order chi connectivity index (χ0) is 10.6. The van der Waals surface area contributed by atoms with E-state index in [1.54, 1.807) is 0 Å². The number of halogens is 1. The van der Waals surface area contributed by atoms with Gasteiger partial charge in [0.05, 0.1) is 5.56 Å². The second-order valence-corrected chi connectivity index (χ2v) is 3.21. The third kappa shape index (κ3) is 2.90. The lowest BCUT2D eigenvalue weighted by molar-refractivity contribution is 0.0751. The number of carbonyl (C=O) groups excluding carboxylic acids is 1. The molecule has 0 amide bonds. The lowest BCUT2D eigenvalue weighted by Gasteiger charge is -2.00. The predicted molar refractivity (Wildman–Crippen MR) is 51.6 cm³/mol. The standard InChI is InChI=1S/C7H6ClNO4S/c8-13-7(10)5-2-1-3-6(4-5)9-14(11)12/h1-4,14H,(H,9,11,12). The summed E-state index contributed by atoms with van der Waals surface area (Å²) in [6.07, 6.45) is 0. The molecule has 0 saturated heterocycles. The van der Waals surface area contributed by atoms with Crippen LogP contribution in [-0.2, 0) is 15.2 Å². The summed E-state index contributed by atoms with van der Waals surface area (Å²) >= 11 is 4.86. The van der Waals surface area contributed by atoms with Crippen molar-refractivity contribution in [1.82, 2.24) is 0 Å². The van der Waals surface area contributed by atoms with Crippen LogP contribution in [-0.4, -0.2) is 14.4 Å². The molecule has 0 unspecified atom stereocenters.